The third kappa shape index (κ3) is 4.40. The summed E-state index contributed by atoms with van der Waals surface area (Å²) in [7, 11) is 0. The number of thiocarbonyl (C=S) groups is 1. The molecule has 2 amide bonds. The molecule has 0 spiro atoms. The Labute approximate surface area is 188 Å². The van der Waals surface area contributed by atoms with Crippen LogP contribution >= 0.6 is 12.2 Å². The summed E-state index contributed by atoms with van der Waals surface area (Å²) in [4.78, 5) is 39.0. The highest BCUT2D eigenvalue weighted by Gasteiger charge is 2.35. The van der Waals surface area contributed by atoms with Gasteiger partial charge in [-0.1, -0.05) is 18.2 Å². The second-order valence-corrected chi connectivity index (χ2v) is 7.16. The monoisotopic (exact) mass is 444 g/mol. The SMILES string of the molecule is O=C1NC(=S)N(c2ccc(Oc3ccccc3)cc2)C(=O)C1=CC(=O)c1ccc(O)cc1. The number of para-hydroxylation sites is 1. The quantitative estimate of drug-likeness (QED) is 0.269. The van der Waals surface area contributed by atoms with Crippen molar-refractivity contribution in [2.24, 2.45) is 0 Å². The molecule has 1 heterocycles. The van der Waals surface area contributed by atoms with Crippen LogP contribution in [0.2, 0.25) is 0 Å². The number of amides is 2. The van der Waals surface area contributed by atoms with Crippen LogP contribution in [0.3, 0.4) is 0 Å². The topological polar surface area (TPSA) is 95.9 Å². The van der Waals surface area contributed by atoms with Gasteiger partial charge < -0.3 is 9.84 Å². The van der Waals surface area contributed by atoms with Crippen LogP contribution in [0.1, 0.15) is 10.4 Å². The standard InChI is InChI=1S/C24H16N2O5S/c27-17-10-6-15(7-11-17)21(28)14-20-22(29)25-24(32)26(23(20)30)16-8-12-19(13-9-16)31-18-4-2-1-3-5-18/h1-14,27H,(H,25,29,32). The van der Waals surface area contributed by atoms with Crippen LogP contribution in [0.4, 0.5) is 5.69 Å². The van der Waals surface area contributed by atoms with E-state index in [1.54, 1.807) is 24.3 Å². The molecule has 8 heteroatoms. The van der Waals surface area contributed by atoms with Gasteiger partial charge >= 0.3 is 0 Å². The van der Waals surface area contributed by atoms with Gasteiger partial charge in [0.15, 0.2) is 10.9 Å². The van der Waals surface area contributed by atoms with E-state index in [4.69, 9.17) is 17.0 Å². The lowest BCUT2D eigenvalue weighted by Gasteiger charge is -2.28. The first-order valence-corrected chi connectivity index (χ1v) is 9.91. The van der Waals surface area contributed by atoms with Crippen molar-refractivity contribution < 1.29 is 24.2 Å². The van der Waals surface area contributed by atoms with Crippen LogP contribution in [-0.4, -0.2) is 27.8 Å². The maximum Gasteiger partial charge on any atom is 0.270 e. The van der Waals surface area contributed by atoms with E-state index >= 15 is 0 Å². The molecule has 32 heavy (non-hydrogen) atoms. The number of nitrogens with one attached hydrogen (secondary N) is 1. The zero-order valence-electron chi connectivity index (χ0n) is 16.5. The van der Waals surface area contributed by atoms with Crippen LogP contribution in [0.25, 0.3) is 0 Å². The number of carbonyl (C=O) groups is 3. The minimum absolute atomic E-state index is 0.00287. The van der Waals surface area contributed by atoms with Gasteiger partial charge in [0.25, 0.3) is 11.8 Å². The first-order valence-electron chi connectivity index (χ1n) is 9.50. The summed E-state index contributed by atoms with van der Waals surface area (Å²) in [6.07, 6.45) is 0.964. The number of phenols is 1. The van der Waals surface area contributed by atoms with Gasteiger partial charge in [0.05, 0.1) is 5.69 Å². The van der Waals surface area contributed by atoms with E-state index in [-0.39, 0.29) is 22.0 Å². The smallest absolute Gasteiger partial charge is 0.270 e. The Morgan fingerprint density at radius 2 is 1.53 bits per heavy atom. The number of carbonyl (C=O) groups excluding carboxylic acids is 3. The minimum Gasteiger partial charge on any atom is -0.508 e. The van der Waals surface area contributed by atoms with Crippen molar-refractivity contribution in [1.29, 1.82) is 0 Å². The van der Waals surface area contributed by atoms with Crippen LogP contribution in [0.5, 0.6) is 17.2 Å². The fraction of sp³-hybridized carbons (Fsp3) is 0. The molecule has 0 saturated carbocycles. The predicted octanol–water partition coefficient (Wildman–Crippen LogP) is 3.74. The zero-order valence-corrected chi connectivity index (χ0v) is 17.3. The van der Waals surface area contributed by atoms with Gasteiger partial charge in [0.1, 0.15) is 22.8 Å². The van der Waals surface area contributed by atoms with Crippen molar-refractivity contribution in [1.82, 2.24) is 5.32 Å². The third-order valence-electron chi connectivity index (χ3n) is 4.60. The largest absolute Gasteiger partial charge is 0.508 e. The number of nitrogens with zero attached hydrogens (tertiary/aromatic N) is 1. The fourth-order valence-corrected chi connectivity index (χ4v) is 3.30. The molecule has 0 atom stereocenters. The Morgan fingerprint density at radius 3 is 2.19 bits per heavy atom. The van der Waals surface area contributed by atoms with E-state index in [1.165, 1.54) is 24.3 Å². The van der Waals surface area contributed by atoms with Crippen molar-refractivity contribution in [3.05, 3.63) is 96.1 Å². The van der Waals surface area contributed by atoms with E-state index in [2.05, 4.69) is 5.32 Å². The number of benzene rings is 3. The highest BCUT2D eigenvalue weighted by Crippen LogP contribution is 2.26. The molecule has 0 radical (unpaired) electrons. The maximum atomic E-state index is 13.0. The molecule has 4 rings (SSSR count). The Morgan fingerprint density at radius 1 is 0.906 bits per heavy atom. The van der Waals surface area contributed by atoms with Crippen LogP contribution < -0.4 is 15.0 Å². The number of ketones is 1. The molecule has 1 aliphatic heterocycles. The number of hydrogen-bond acceptors (Lipinski definition) is 6. The lowest BCUT2D eigenvalue weighted by Crippen LogP contribution is -2.54. The van der Waals surface area contributed by atoms with E-state index in [0.717, 1.165) is 11.0 Å². The number of hydrogen-bond donors (Lipinski definition) is 2. The molecule has 1 fully saturated rings. The van der Waals surface area contributed by atoms with Gasteiger partial charge in [0.2, 0.25) is 0 Å². The van der Waals surface area contributed by atoms with E-state index < -0.39 is 17.6 Å². The average Bonchev–Trinajstić information content (AvgIpc) is 2.79. The van der Waals surface area contributed by atoms with E-state index in [1.807, 2.05) is 30.3 Å². The first-order chi connectivity index (χ1) is 15.4. The van der Waals surface area contributed by atoms with E-state index in [0.29, 0.717) is 17.2 Å². The minimum atomic E-state index is -0.757. The van der Waals surface area contributed by atoms with Gasteiger partial charge in [0, 0.05) is 11.6 Å². The number of ether oxygens (including phenoxy) is 1. The highest BCUT2D eigenvalue weighted by molar-refractivity contribution is 7.80. The predicted molar refractivity (Wildman–Crippen MR) is 122 cm³/mol. The van der Waals surface area contributed by atoms with Gasteiger partial charge in [-0.25, -0.2) is 0 Å². The second kappa shape index (κ2) is 8.83. The lowest BCUT2D eigenvalue weighted by molar-refractivity contribution is -0.122. The number of rotatable bonds is 5. The van der Waals surface area contributed by atoms with Crippen molar-refractivity contribution >= 4 is 40.6 Å². The molecule has 158 valence electrons. The Hall–Kier alpha value is -4.30. The van der Waals surface area contributed by atoms with Crippen molar-refractivity contribution in [2.75, 3.05) is 4.90 Å². The average molecular weight is 444 g/mol. The molecule has 0 aliphatic carbocycles. The molecule has 0 bridgehead atoms. The third-order valence-corrected chi connectivity index (χ3v) is 4.89. The Kier molecular flexibility index (Phi) is 5.78. The molecule has 2 N–H and O–H groups in total. The van der Waals surface area contributed by atoms with Gasteiger partial charge in [-0.15, -0.1) is 0 Å². The summed E-state index contributed by atoms with van der Waals surface area (Å²) in [6.45, 7) is 0. The maximum absolute atomic E-state index is 13.0. The zero-order chi connectivity index (χ0) is 22.7. The van der Waals surface area contributed by atoms with Crippen LogP contribution in [-0.2, 0) is 9.59 Å². The van der Waals surface area contributed by atoms with Gasteiger partial charge in [-0.05, 0) is 72.9 Å². The summed E-state index contributed by atoms with van der Waals surface area (Å²) in [5.74, 6) is -0.817. The molecule has 0 aromatic heterocycles. The first kappa shape index (κ1) is 21.0. The Bertz CT molecular complexity index is 1240. The number of aromatic hydroxyl groups is 1. The van der Waals surface area contributed by atoms with Crippen LogP contribution in [0.15, 0.2) is 90.5 Å². The molecule has 3 aromatic rings. The summed E-state index contributed by atoms with van der Waals surface area (Å²) in [5.41, 5.74) is 0.280. The number of phenolic OH excluding ortho intramolecular Hbond substituents is 1. The van der Waals surface area contributed by atoms with Crippen LogP contribution in [0, 0.1) is 0 Å². The van der Waals surface area contributed by atoms with E-state index in [9.17, 15) is 19.5 Å². The molecule has 1 aliphatic rings. The number of anilines is 1. The molecule has 1 saturated heterocycles. The van der Waals surface area contributed by atoms with Crippen molar-refractivity contribution in [2.45, 2.75) is 0 Å². The summed E-state index contributed by atoms with van der Waals surface area (Å²) < 4.78 is 5.74. The molecular weight excluding hydrogens is 428 g/mol. The molecule has 7 nitrogen and oxygen atoms in total. The normalized spacial score (nSPS) is 14.9. The van der Waals surface area contributed by atoms with Gasteiger partial charge in [-0.3, -0.25) is 24.6 Å². The van der Waals surface area contributed by atoms with Crippen molar-refractivity contribution in [3.8, 4) is 17.2 Å². The summed E-state index contributed by atoms with van der Waals surface area (Å²) in [5, 5.41) is 11.7. The van der Waals surface area contributed by atoms with Crippen molar-refractivity contribution in [3.63, 3.8) is 0 Å². The molecular formula is C24H16N2O5S. The number of allylic oxidation sites excluding steroid dienone is 1. The molecule has 3 aromatic carbocycles. The lowest BCUT2D eigenvalue weighted by atomic mass is 10.0. The fourth-order valence-electron chi connectivity index (χ4n) is 3.02. The summed E-state index contributed by atoms with van der Waals surface area (Å²) in [6, 6.07) is 21.3. The Balaban J connectivity index is 1.58. The van der Waals surface area contributed by atoms with Gasteiger partial charge in [-0.2, -0.15) is 0 Å². The highest BCUT2D eigenvalue weighted by atomic mass is 32.1. The second-order valence-electron chi connectivity index (χ2n) is 6.78. The summed E-state index contributed by atoms with van der Waals surface area (Å²) >= 11 is 5.18. The molecule has 0 unspecified atom stereocenters.